The Hall–Kier alpha value is -3.34. The van der Waals surface area contributed by atoms with Gasteiger partial charge in [0.25, 0.3) is 0 Å². The van der Waals surface area contributed by atoms with Gasteiger partial charge in [-0.25, -0.2) is 4.98 Å². The van der Waals surface area contributed by atoms with Gasteiger partial charge in [-0.2, -0.15) is 0 Å². The fourth-order valence-corrected chi connectivity index (χ4v) is 3.16. The SMILES string of the molecule is CC(=O)N[C@@H](CCc1ccc(Oc2ccc(OC(C)C)nc2)cc1)c1ccccc1. The van der Waals surface area contributed by atoms with Crippen molar-refractivity contribution in [3.63, 3.8) is 0 Å². The number of ether oxygens (including phenoxy) is 2. The molecule has 0 spiro atoms. The molecular formula is C25H28N2O3. The van der Waals surface area contributed by atoms with Crippen LogP contribution in [-0.2, 0) is 11.2 Å². The lowest BCUT2D eigenvalue weighted by Crippen LogP contribution is -2.26. The molecule has 1 aromatic heterocycles. The van der Waals surface area contributed by atoms with E-state index in [9.17, 15) is 4.79 Å². The highest BCUT2D eigenvalue weighted by atomic mass is 16.5. The van der Waals surface area contributed by atoms with E-state index >= 15 is 0 Å². The average molecular weight is 405 g/mol. The van der Waals surface area contributed by atoms with Crippen LogP contribution in [-0.4, -0.2) is 17.0 Å². The molecule has 0 aliphatic heterocycles. The summed E-state index contributed by atoms with van der Waals surface area (Å²) in [5.74, 6) is 1.97. The number of hydrogen-bond acceptors (Lipinski definition) is 4. The quantitative estimate of drug-likeness (QED) is 0.514. The van der Waals surface area contributed by atoms with Gasteiger partial charge in [-0.05, 0) is 56.0 Å². The summed E-state index contributed by atoms with van der Waals surface area (Å²) in [4.78, 5) is 15.8. The summed E-state index contributed by atoms with van der Waals surface area (Å²) in [6.07, 6.45) is 3.42. The molecule has 0 bridgehead atoms. The highest BCUT2D eigenvalue weighted by Gasteiger charge is 2.12. The summed E-state index contributed by atoms with van der Waals surface area (Å²) >= 11 is 0. The van der Waals surface area contributed by atoms with Crippen LogP contribution in [0.1, 0.15) is 44.4 Å². The van der Waals surface area contributed by atoms with Crippen LogP contribution in [0.2, 0.25) is 0 Å². The Bertz CT molecular complexity index is 923. The third-order valence-corrected chi connectivity index (χ3v) is 4.53. The third kappa shape index (κ3) is 6.62. The fraction of sp³-hybridized carbons (Fsp3) is 0.280. The third-order valence-electron chi connectivity index (χ3n) is 4.53. The summed E-state index contributed by atoms with van der Waals surface area (Å²) in [5.41, 5.74) is 2.30. The topological polar surface area (TPSA) is 60.5 Å². The summed E-state index contributed by atoms with van der Waals surface area (Å²) in [5, 5.41) is 3.05. The second kappa shape index (κ2) is 10.4. The molecule has 3 aromatic rings. The molecule has 0 aliphatic carbocycles. The van der Waals surface area contributed by atoms with E-state index in [2.05, 4.69) is 22.4 Å². The number of benzene rings is 2. The van der Waals surface area contributed by atoms with Crippen LogP contribution in [0.15, 0.2) is 72.9 Å². The fourth-order valence-electron chi connectivity index (χ4n) is 3.16. The number of carbonyl (C=O) groups is 1. The van der Waals surface area contributed by atoms with Crippen LogP contribution in [0.5, 0.6) is 17.4 Å². The summed E-state index contributed by atoms with van der Waals surface area (Å²) in [6.45, 7) is 5.48. The highest BCUT2D eigenvalue weighted by Crippen LogP contribution is 2.24. The van der Waals surface area contributed by atoms with Crippen LogP contribution >= 0.6 is 0 Å². The van der Waals surface area contributed by atoms with Crippen LogP contribution in [0.25, 0.3) is 0 Å². The number of carbonyl (C=O) groups excluding carboxylic acids is 1. The van der Waals surface area contributed by atoms with Crippen LogP contribution in [0.3, 0.4) is 0 Å². The maximum atomic E-state index is 11.6. The lowest BCUT2D eigenvalue weighted by atomic mass is 9.99. The number of amides is 1. The summed E-state index contributed by atoms with van der Waals surface area (Å²) in [6, 6.07) is 21.7. The predicted octanol–water partition coefficient (Wildman–Crippen LogP) is 5.47. The molecule has 5 heteroatoms. The highest BCUT2D eigenvalue weighted by molar-refractivity contribution is 5.73. The van der Waals surface area contributed by atoms with Gasteiger partial charge < -0.3 is 14.8 Å². The Balaban J connectivity index is 1.57. The standard InChI is InChI=1S/C25H28N2O3/c1-18(2)29-25-16-14-23(17-26-25)30-22-12-9-20(10-13-22)11-15-24(27-19(3)28)21-7-5-4-6-8-21/h4-10,12-14,16-18,24H,11,15H2,1-3H3,(H,27,28)/t24-/m0/s1. The molecule has 0 fully saturated rings. The number of aromatic nitrogens is 1. The van der Waals surface area contributed by atoms with Crippen molar-refractivity contribution in [1.82, 2.24) is 10.3 Å². The molecule has 0 aliphatic rings. The van der Waals surface area contributed by atoms with E-state index in [1.54, 1.807) is 19.2 Å². The zero-order chi connectivity index (χ0) is 21.3. The van der Waals surface area contributed by atoms with E-state index in [1.165, 1.54) is 5.56 Å². The lowest BCUT2D eigenvalue weighted by Gasteiger charge is -2.18. The number of hydrogen-bond donors (Lipinski definition) is 1. The molecule has 1 N–H and O–H groups in total. The van der Waals surface area contributed by atoms with Crippen molar-refractivity contribution in [2.45, 2.75) is 45.8 Å². The number of nitrogens with zero attached hydrogens (tertiary/aromatic N) is 1. The van der Waals surface area contributed by atoms with Crippen molar-refractivity contribution >= 4 is 5.91 Å². The van der Waals surface area contributed by atoms with Gasteiger partial charge in [-0.3, -0.25) is 4.79 Å². The Morgan fingerprint density at radius 2 is 1.67 bits per heavy atom. The lowest BCUT2D eigenvalue weighted by molar-refractivity contribution is -0.119. The molecule has 30 heavy (non-hydrogen) atoms. The van der Waals surface area contributed by atoms with Gasteiger partial charge in [0.05, 0.1) is 18.3 Å². The zero-order valence-electron chi connectivity index (χ0n) is 17.7. The van der Waals surface area contributed by atoms with E-state index in [-0.39, 0.29) is 18.1 Å². The molecule has 0 saturated heterocycles. The minimum Gasteiger partial charge on any atom is -0.475 e. The van der Waals surface area contributed by atoms with Gasteiger partial charge in [0.1, 0.15) is 11.5 Å². The molecule has 156 valence electrons. The molecule has 1 amide bonds. The van der Waals surface area contributed by atoms with E-state index < -0.39 is 0 Å². The maximum Gasteiger partial charge on any atom is 0.217 e. The number of nitrogens with one attached hydrogen (secondary N) is 1. The summed E-state index contributed by atoms with van der Waals surface area (Å²) < 4.78 is 11.4. The number of rotatable bonds is 9. The molecule has 5 nitrogen and oxygen atoms in total. The average Bonchev–Trinajstić information content (AvgIpc) is 2.73. The zero-order valence-corrected chi connectivity index (χ0v) is 17.7. The van der Waals surface area contributed by atoms with Gasteiger partial charge in [0.15, 0.2) is 0 Å². The largest absolute Gasteiger partial charge is 0.475 e. The molecule has 0 unspecified atom stereocenters. The molecule has 1 heterocycles. The van der Waals surface area contributed by atoms with Crippen molar-refractivity contribution < 1.29 is 14.3 Å². The molecule has 3 rings (SSSR count). The van der Waals surface area contributed by atoms with E-state index in [0.717, 1.165) is 24.2 Å². The van der Waals surface area contributed by atoms with Crippen molar-refractivity contribution in [3.05, 3.63) is 84.1 Å². The van der Waals surface area contributed by atoms with Crippen LogP contribution < -0.4 is 14.8 Å². The van der Waals surface area contributed by atoms with Crippen molar-refractivity contribution in [2.24, 2.45) is 0 Å². The van der Waals surface area contributed by atoms with Crippen LogP contribution in [0.4, 0.5) is 0 Å². The minimum absolute atomic E-state index is 0.00252. The molecule has 0 radical (unpaired) electrons. The molecule has 1 atom stereocenters. The Morgan fingerprint density at radius 3 is 2.27 bits per heavy atom. The van der Waals surface area contributed by atoms with E-state index in [4.69, 9.17) is 9.47 Å². The smallest absolute Gasteiger partial charge is 0.217 e. The normalized spacial score (nSPS) is 11.7. The van der Waals surface area contributed by atoms with Gasteiger partial charge >= 0.3 is 0 Å². The minimum atomic E-state index is -0.0222. The van der Waals surface area contributed by atoms with Crippen LogP contribution in [0, 0.1) is 0 Å². The Labute approximate surface area is 178 Å². The van der Waals surface area contributed by atoms with Crippen molar-refractivity contribution in [3.8, 4) is 17.4 Å². The molecule has 0 saturated carbocycles. The molecule has 2 aromatic carbocycles. The first-order valence-corrected chi connectivity index (χ1v) is 10.2. The number of aryl methyl sites for hydroxylation is 1. The van der Waals surface area contributed by atoms with E-state index in [1.807, 2.05) is 62.4 Å². The Morgan fingerprint density at radius 1 is 0.967 bits per heavy atom. The van der Waals surface area contributed by atoms with Crippen molar-refractivity contribution in [1.29, 1.82) is 0 Å². The van der Waals surface area contributed by atoms with Gasteiger partial charge in [-0.15, -0.1) is 0 Å². The van der Waals surface area contributed by atoms with E-state index in [0.29, 0.717) is 11.6 Å². The predicted molar refractivity (Wildman–Crippen MR) is 118 cm³/mol. The number of pyridine rings is 1. The first-order valence-electron chi connectivity index (χ1n) is 10.2. The maximum absolute atomic E-state index is 11.6. The van der Waals surface area contributed by atoms with Gasteiger partial charge in [0, 0.05) is 13.0 Å². The van der Waals surface area contributed by atoms with Crippen molar-refractivity contribution in [2.75, 3.05) is 0 Å². The second-order valence-electron chi connectivity index (χ2n) is 7.45. The summed E-state index contributed by atoms with van der Waals surface area (Å²) in [7, 11) is 0. The second-order valence-corrected chi connectivity index (χ2v) is 7.45. The Kier molecular flexibility index (Phi) is 7.44. The first-order chi connectivity index (χ1) is 14.5. The van der Waals surface area contributed by atoms with Gasteiger partial charge in [0.2, 0.25) is 11.8 Å². The molecular weight excluding hydrogens is 376 g/mol. The monoisotopic (exact) mass is 404 g/mol. The first kappa shape index (κ1) is 21.4. The van der Waals surface area contributed by atoms with Gasteiger partial charge in [-0.1, -0.05) is 42.5 Å².